The van der Waals surface area contributed by atoms with Crippen molar-refractivity contribution in [2.75, 3.05) is 6.61 Å². The molecule has 1 aliphatic rings. The van der Waals surface area contributed by atoms with Crippen LogP contribution in [0.2, 0.25) is 0 Å². The molecule has 57 heavy (non-hydrogen) atoms. The van der Waals surface area contributed by atoms with Crippen LogP contribution in [0.15, 0.2) is 12.2 Å². The van der Waals surface area contributed by atoms with Gasteiger partial charge in [0.2, 0.25) is 5.91 Å². The molecule has 1 amide bonds. The van der Waals surface area contributed by atoms with Crippen molar-refractivity contribution in [2.45, 2.75) is 249 Å². The van der Waals surface area contributed by atoms with E-state index in [0.29, 0.717) is 12.8 Å². The maximum absolute atomic E-state index is 12.9. The number of nitrogens with one attached hydrogen (secondary N) is 1. The van der Waals surface area contributed by atoms with Gasteiger partial charge in [-0.25, -0.2) is 4.57 Å². The Bertz CT molecular complexity index is 1040. The third-order valence-corrected chi connectivity index (χ3v) is 12.1. The van der Waals surface area contributed by atoms with E-state index in [9.17, 15) is 50.0 Å². The number of amides is 1. The van der Waals surface area contributed by atoms with Crippen molar-refractivity contribution in [2.24, 2.45) is 0 Å². The highest BCUT2D eigenvalue weighted by Gasteiger charge is 2.51. The largest absolute Gasteiger partial charge is 0.472 e. The molecule has 0 aromatic rings. The average Bonchev–Trinajstić information content (AvgIpc) is 3.18. The highest BCUT2D eigenvalue weighted by molar-refractivity contribution is 7.47. The molecule has 0 aliphatic heterocycles. The summed E-state index contributed by atoms with van der Waals surface area (Å²) in [6.07, 6.45) is 20.7. The molecule has 13 nitrogen and oxygen atoms in total. The summed E-state index contributed by atoms with van der Waals surface area (Å²) in [4.78, 5) is 23.3. The van der Waals surface area contributed by atoms with E-state index in [4.69, 9.17) is 9.05 Å². The Morgan fingerprint density at radius 3 is 1.44 bits per heavy atom. The molecule has 0 heterocycles. The molecule has 8 unspecified atom stereocenters. The molecule has 8 atom stereocenters. The van der Waals surface area contributed by atoms with Crippen LogP contribution in [0.3, 0.4) is 0 Å². The average molecular weight is 838 g/mol. The molecule has 338 valence electrons. The van der Waals surface area contributed by atoms with Gasteiger partial charge in [-0.05, 0) is 19.3 Å². The fraction of sp³-hybridized carbons (Fsp3) is 0.930. The van der Waals surface area contributed by atoms with E-state index >= 15 is 0 Å². The van der Waals surface area contributed by atoms with Crippen molar-refractivity contribution < 1.29 is 59.0 Å². The van der Waals surface area contributed by atoms with Crippen LogP contribution in [0.1, 0.15) is 194 Å². The van der Waals surface area contributed by atoms with Gasteiger partial charge in [-0.2, -0.15) is 0 Å². The van der Waals surface area contributed by atoms with Gasteiger partial charge in [0.05, 0.1) is 31.3 Å². The second-order valence-electron chi connectivity index (χ2n) is 16.4. The third kappa shape index (κ3) is 26.1. The Balaban J connectivity index is 2.39. The zero-order valence-electron chi connectivity index (χ0n) is 35.5. The van der Waals surface area contributed by atoms with Crippen molar-refractivity contribution in [1.82, 2.24) is 5.32 Å². The van der Waals surface area contributed by atoms with Crippen LogP contribution in [0.25, 0.3) is 0 Å². The number of hydrogen-bond donors (Lipinski definition) is 9. The molecule has 1 saturated carbocycles. The van der Waals surface area contributed by atoms with Crippen LogP contribution in [-0.2, 0) is 18.4 Å². The van der Waals surface area contributed by atoms with Gasteiger partial charge in [-0.1, -0.05) is 180 Å². The highest BCUT2D eigenvalue weighted by atomic mass is 31.2. The summed E-state index contributed by atoms with van der Waals surface area (Å²) >= 11 is 0. The number of carbonyl (C=O) groups excluding carboxylic acids is 1. The van der Waals surface area contributed by atoms with E-state index in [1.807, 2.05) is 0 Å². The van der Waals surface area contributed by atoms with Crippen LogP contribution in [0, 0.1) is 0 Å². The smallest absolute Gasteiger partial charge is 0.393 e. The quantitative estimate of drug-likeness (QED) is 0.0175. The second-order valence-corrected chi connectivity index (χ2v) is 17.9. The lowest BCUT2D eigenvalue weighted by atomic mass is 9.85. The normalized spacial score (nSPS) is 24.0. The molecule has 1 fully saturated rings. The molecule has 0 radical (unpaired) electrons. The van der Waals surface area contributed by atoms with Crippen molar-refractivity contribution in [3.05, 3.63) is 12.2 Å². The predicted octanol–water partition coefficient (Wildman–Crippen LogP) is 7.03. The molecule has 0 aromatic carbocycles. The predicted molar refractivity (Wildman–Crippen MR) is 224 cm³/mol. The van der Waals surface area contributed by atoms with Gasteiger partial charge in [0, 0.05) is 0 Å². The Kier molecular flexibility index (Phi) is 32.0. The number of carbonyl (C=O) groups is 1. The zero-order chi connectivity index (χ0) is 42.3. The SMILES string of the molecule is CCCCCCC/C=C/C(O)C(COP(=O)(O)OC1C(O)C(O)C(O)C(O)C1O)NC(=O)CC(O)CCCCCCCCCCCCCCCCCCCCCC. The van der Waals surface area contributed by atoms with Crippen LogP contribution in [0.4, 0.5) is 0 Å². The van der Waals surface area contributed by atoms with Gasteiger partial charge < -0.3 is 46.0 Å². The summed E-state index contributed by atoms with van der Waals surface area (Å²) in [5, 5.41) is 74.1. The summed E-state index contributed by atoms with van der Waals surface area (Å²) < 4.78 is 22.7. The molecule has 9 N–H and O–H groups in total. The second kappa shape index (κ2) is 33.7. The number of aliphatic hydroxyl groups excluding tert-OH is 7. The lowest BCUT2D eigenvalue weighted by Crippen LogP contribution is -2.64. The van der Waals surface area contributed by atoms with Crippen molar-refractivity contribution in [3.63, 3.8) is 0 Å². The lowest BCUT2D eigenvalue weighted by Gasteiger charge is -2.41. The van der Waals surface area contributed by atoms with Crippen LogP contribution in [0.5, 0.6) is 0 Å². The van der Waals surface area contributed by atoms with Gasteiger partial charge >= 0.3 is 7.82 Å². The topological polar surface area (TPSA) is 226 Å². The number of hydrogen-bond acceptors (Lipinski definition) is 11. The summed E-state index contributed by atoms with van der Waals surface area (Å²) in [6.45, 7) is 3.66. The van der Waals surface area contributed by atoms with Gasteiger partial charge in [-0.15, -0.1) is 0 Å². The molecular formula is C43H84NO12P. The number of rotatable bonds is 37. The van der Waals surface area contributed by atoms with Gasteiger partial charge in [0.15, 0.2) is 0 Å². The van der Waals surface area contributed by atoms with Crippen LogP contribution in [-0.4, -0.2) is 108 Å². The first-order valence-corrected chi connectivity index (χ1v) is 24.2. The van der Waals surface area contributed by atoms with Crippen molar-refractivity contribution >= 4 is 13.7 Å². The number of phosphoric ester groups is 1. The van der Waals surface area contributed by atoms with E-state index in [1.165, 1.54) is 109 Å². The number of allylic oxidation sites excluding steroid dienone is 1. The maximum atomic E-state index is 12.9. The third-order valence-electron chi connectivity index (χ3n) is 11.1. The molecule has 1 rings (SSSR count). The van der Waals surface area contributed by atoms with Crippen molar-refractivity contribution in [3.8, 4) is 0 Å². The standard InChI is InChI=1S/C43H84NO12P/c1-3-5-7-9-11-12-13-14-15-16-17-18-19-20-21-22-23-25-26-28-30-34(45)32-37(47)44-35(36(46)31-29-27-24-10-8-6-4-2)33-55-57(53,54)56-43-41(51)39(49)38(48)40(50)42(43)52/h29,31,34-36,38-43,45-46,48-52H,3-28,30,32-33H2,1-2H3,(H,44,47)(H,53,54)/b31-29+. The fourth-order valence-electron chi connectivity index (χ4n) is 7.36. The van der Waals surface area contributed by atoms with E-state index < -0.39 is 75.2 Å². The summed E-state index contributed by atoms with van der Waals surface area (Å²) in [5.41, 5.74) is 0. The maximum Gasteiger partial charge on any atom is 0.472 e. The molecule has 0 spiro atoms. The molecule has 0 aromatic heterocycles. The Morgan fingerprint density at radius 2 is 1.00 bits per heavy atom. The number of unbranched alkanes of at least 4 members (excludes halogenated alkanes) is 24. The molecular weight excluding hydrogens is 753 g/mol. The molecule has 14 heteroatoms. The van der Waals surface area contributed by atoms with E-state index in [-0.39, 0.29) is 6.42 Å². The van der Waals surface area contributed by atoms with Crippen LogP contribution >= 0.6 is 7.82 Å². The van der Waals surface area contributed by atoms with E-state index in [0.717, 1.165) is 57.8 Å². The minimum Gasteiger partial charge on any atom is -0.393 e. The minimum absolute atomic E-state index is 0.241. The summed E-state index contributed by atoms with van der Waals surface area (Å²) in [6, 6.07) is -1.23. The first-order valence-electron chi connectivity index (χ1n) is 22.7. The number of phosphoric acid groups is 1. The van der Waals surface area contributed by atoms with Gasteiger partial charge in [0.1, 0.15) is 36.6 Å². The Morgan fingerprint density at radius 1 is 0.614 bits per heavy atom. The Labute approximate surface area is 344 Å². The minimum atomic E-state index is -5.12. The van der Waals surface area contributed by atoms with Crippen molar-refractivity contribution in [1.29, 1.82) is 0 Å². The fourth-order valence-corrected chi connectivity index (χ4v) is 8.33. The number of aliphatic hydroxyl groups is 7. The summed E-state index contributed by atoms with van der Waals surface area (Å²) in [7, 11) is -5.12. The monoisotopic (exact) mass is 838 g/mol. The lowest BCUT2D eigenvalue weighted by molar-refractivity contribution is -0.220. The summed E-state index contributed by atoms with van der Waals surface area (Å²) in [5.74, 6) is -0.594. The first-order chi connectivity index (χ1) is 27.3. The van der Waals surface area contributed by atoms with E-state index in [2.05, 4.69) is 19.2 Å². The molecule has 1 aliphatic carbocycles. The first kappa shape index (κ1) is 54.1. The zero-order valence-corrected chi connectivity index (χ0v) is 36.4. The highest BCUT2D eigenvalue weighted by Crippen LogP contribution is 2.47. The van der Waals surface area contributed by atoms with Gasteiger partial charge in [-0.3, -0.25) is 13.8 Å². The van der Waals surface area contributed by atoms with Gasteiger partial charge in [0.25, 0.3) is 0 Å². The molecule has 0 saturated heterocycles. The van der Waals surface area contributed by atoms with E-state index in [1.54, 1.807) is 6.08 Å². The Hall–Kier alpha value is -0.960. The van der Waals surface area contributed by atoms with Crippen LogP contribution < -0.4 is 5.32 Å². The molecule has 0 bridgehead atoms.